The molecule has 0 unspecified atom stereocenters. The standard InChI is InChI=1S/C16H19ClN2O4/c1-10(2)23-15-11(17)5-3-6-12(15)19-16(21)18-9-13(20)14-7-4-8-22-14/h3-8,10,13,20H,9H2,1-2H3,(H2,18,19,21)/t13-/m0/s1. The number of aliphatic hydroxyl groups excluding tert-OH is 1. The number of furan rings is 1. The Kier molecular flexibility index (Phi) is 5.90. The van der Waals surface area contributed by atoms with Crippen LogP contribution in [0.3, 0.4) is 0 Å². The lowest BCUT2D eigenvalue weighted by Gasteiger charge is -2.17. The van der Waals surface area contributed by atoms with E-state index < -0.39 is 12.1 Å². The summed E-state index contributed by atoms with van der Waals surface area (Å²) in [4.78, 5) is 12.0. The van der Waals surface area contributed by atoms with Gasteiger partial charge in [0.1, 0.15) is 11.9 Å². The Morgan fingerprint density at radius 2 is 2.13 bits per heavy atom. The van der Waals surface area contributed by atoms with Crippen LogP contribution in [0.2, 0.25) is 5.02 Å². The molecule has 23 heavy (non-hydrogen) atoms. The van der Waals surface area contributed by atoms with E-state index in [1.54, 1.807) is 30.3 Å². The number of hydrogen-bond acceptors (Lipinski definition) is 4. The van der Waals surface area contributed by atoms with Crippen LogP contribution >= 0.6 is 11.6 Å². The quantitative estimate of drug-likeness (QED) is 0.751. The van der Waals surface area contributed by atoms with Crippen LogP contribution in [0.4, 0.5) is 10.5 Å². The Hall–Kier alpha value is -2.18. The van der Waals surface area contributed by atoms with Crippen molar-refractivity contribution in [3.05, 3.63) is 47.4 Å². The largest absolute Gasteiger partial charge is 0.487 e. The molecule has 0 aliphatic carbocycles. The number of benzene rings is 1. The van der Waals surface area contributed by atoms with E-state index in [0.29, 0.717) is 22.2 Å². The summed E-state index contributed by atoms with van der Waals surface area (Å²) in [6.07, 6.45) is 0.459. The highest BCUT2D eigenvalue weighted by Crippen LogP contribution is 2.33. The van der Waals surface area contributed by atoms with E-state index in [1.807, 2.05) is 13.8 Å². The molecular formula is C16H19ClN2O4. The van der Waals surface area contributed by atoms with Crippen LogP contribution in [0.1, 0.15) is 25.7 Å². The first kappa shape index (κ1) is 17.2. The molecule has 2 amide bonds. The Bertz CT molecular complexity index is 644. The number of hydrogen-bond donors (Lipinski definition) is 3. The van der Waals surface area contributed by atoms with Gasteiger partial charge in [-0.3, -0.25) is 0 Å². The number of rotatable bonds is 6. The van der Waals surface area contributed by atoms with Crippen molar-refractivity contribution in [1.29, 1.82) is 0 Å². The summed E-state index contributed by atoms with van der Waals surface area (Å²) in [6.45, 7) is 3.75. The van der Waals surface area contributed by atoms with Crippen LogP contribution in [0.25, 0.3) is 0 Å². The maximum Gasteiger partial charge on any atom is 0.319 e. The van der Waals surface area contributed by atoms with Gasteiger partial charge in [0.05, 0.1) is 29.6 Å². The minimum absolute atomic E-state index is 0.0142. The van der Waals surface area contributed by atoms with Gasteiger partial charge >= 0.3 is 6.03 Å². The smallest absolute Gasteiger partial charge is 0.319 e. The second-order valence-corrected chi connectivity index (χ2v) is 5.56. The van der Waals surface area contributed by atoms with Crippen molar-refractivity contribution in [2.75, 3.05) is 11.9 Å². The van der Waals surface area contributed by atoms with Gasteiger partial charge < -0.3 is 24.9 Å². The molecule has 0 bridgehead atoms. The van der Waals surface area contributed by atoms with Gasteiger partial charge in [-0.1, -0.05) is 17.7 Å². The maximum absolute atomic E-state index is 12.0. The van der Waals surface area contributed by atoms with Crippen molar-refractivity contribution in [1.82, 2.24) is 5.32 Å². The van der Waals surface area contributed by atoms with Crippen LogP contribution in [-0.2, 0) is 0 Å². The van der Waals surface area contributed by atoms with Gasteiger partial charge in [0.2, 0.25) is 0 Å². The number of carbonyl (C=O) groups excluding carboxylic acids is 1. The Morgan fingerprint density at radius 1 is 1.35 bits per heavy atom. The minimum atomic E-state index is -0.915. The molecule has 6 nitrogen and oxygen atoms in total. The number of aliphatic hydroxyl groups is 1. The Balaban J connectivity index is 1.96. The third-order valence-electron chi connectivity index (χ3n) is 2.90. The average molecular weight is 339 g/mol. The molecule has 2 rings (SSSR count). The number of nitrogens with one attached hydrogen (secondary N) is 2. The second-order valence-electron chi connectivity index (χ2n) is 5.15. The Morgan fingerprint density at radius 3 is 2.78 bits per heavy atom. The van der Waals surface area contributed by atoms with E-state index in [0.717, 1.165) is 0 Å². The number of anilines is 1. The molecule has 1 heterocycles. The molecule has 2 aromatic rings. The molecule has 0 aliphatic heterocycles. The number of amides is 2. The topological polar surface area (TPSA) is 83.7 Å². The van der Waals surface area contributed by atoms with Crippen LogP contribution < -0.4 is 15.4 Å². The van der Waals surface area contributed by atoms with Gasteiger partial charge in [-0.05, 0) is 38.1 Å². The molecule has 1 atom stereocenters. The van der Waals surface area contributed by atoms with E-state index in [9.17, 15) is 9.90 Å². The van der Waals surface area contributed by atoms with Gasteiger partial charge in [-0.2, -0.15) is 0 Å². The molecule has 0 radical (unpaired) electrons. The fraction of sp³-hybridized carbons (Fsp3) is 0.312. The van der Waals surface area contributed by atoms with E-state index >= 15 is 0 Å². The van der Waals surface area contributed by atoms with Crippen LogP contribution in [0, 0.1) is 0 Å². The molecule has 0 fully saturated rings. The molecule has 3 N–H and O–H groups in total. The molecule has 0 saturated heterocycles. The predicted molar refractivity (Wildman–Crippen MR) is 87.9 cm³/mol. The Labute approximate surface area is 139 Å². The third-order valence-corrected chi connectivity index (χ3v) is 3.19. The summed E-state index contributed by atoms with van der Waals surface area (Å²) in [7, 11) is 0. The number of carbonyl (C=O) groups is 1. The lowest BCUT2D eigenvalue weighted by Crippen LogP contribution is -2.32. The second kappa shape index (κ2) is 7.89. The van der Waals surface area contributed by atoms with Crippen molar-refractivity contribution in [2.45, 2.75) is 26.1 Å². The first-order chi connectivity index (χ1) is 11.0. The van der Waals surface area contributed by atoms with Crippen LogP contribution in [-0.4, -0.2) is 23.8 Å². The number of para-hydroxylation sites is 1. The fourth-order valence-electron chi connectivity index (χ4n) is 1.90. The molecule has 0 saturated carbocycles. The summed E-state index contributed by atoms with van der Waals surface area (Å²) in [5.41, 5.74) is 0.455. The zero-order valence-corrected chi connectivity index (χ0v) is 13.6. The first-order valence-electron chi connectivity index (χ1n) is 7.19. The van der Waals surface area contributed by atoms with E-state index in [-0.39, 0.29) is 12.6 Å². The lowest BCUT2D eigenvalue weighted by molar-refractivity contribution is 0.149. The lowest BCUT2D eigenvalue weighted by atomic mass is 10.2. The number of halogens is 1. The van der Waals surface area contributed by atoms with Crippen molar-refractivity contribution < 1.29 is 19.1 Å². The summed E-state index contributed by atoms with van der Waals surface area (Å²) in [6, 6.07) is 7.90. The van der Waals surface area contributed by atoms with E-state index in [4.69, 9.17) is 20.8 Å². The summed E-state index contributed by atoms with van der Waals surface area (Å²) in [5, 5.41) is 15.5. The molecule has 124 valence electrons. The normalized spacial score (nSPS) is 12.0. The molecular weight excluding hydrogens is 320 g/mol. The van der Waals surface area contributed by atoms with Gasteiger partial charge in [0, 0.05) is 0 Å². The van der Waals surface area contributed by atoms with E-state index in [2.05, 4.69) is 10.6 Å². The first-order valence-corrected chi connectivity index (χ1v) is 7.56. The van der Waals surface area contributed by atoms with Crippen molar-refractivity contribution >= 4 is 23.3 Å². The molecule has 1 aromatic heterocycles. The number of urea groups is 1. The monoisotopic (exact) mass is 338 g/mol. The molecule has 7 heteroatoms. The predicted octanol–water partition coefficient (Wildman–Crippen LogP) is 3.58. The van der Waals surface area contributed by atoms with Gasteiger partial charge in [-0.25, -0.2) is 4.79 Å². The molecule has 0 aliphatic rings. The highest BCUT2D eigenvalue weighted by atomic mass is 35.5. The zero-order chi connectivity index (χ0) is 16.8. The zero-order valence-electron chi connectivity index (χ0n) is 12.9. The van der Waals surface area contributed by atoms with Gasteiger partial charge in [0.15, 0.2) is 5.75 Å². The highest BCUT2D eigenvalue weighted by molar-refractivity contribution is 6.32. The summed E-state index contributed by atoms with van der Waals surface area (Å²) in [5.74, 6) is 0.794. The highest BCUT2D eigenvalue weighted by Gasteiger charge is 2.15. The minimum Gasteiger partial charge on any atom is -0.487 e. The maximum atomic E-state index is 12.0. The summed E-state index contributed by atoms with van der Waals surface area (Å²) < 4.78 is 10.7. The summed E-state index contributed by atoms with van der Waals surface area (Å²) >= 11 is 6.10. The molecule has 0 spiro atoms. The van der Waals surface area contributed by atoms with E-state index in [1.165, 1.54) is 6.26 Å². The van der Waals surface area contributed by atoms with Gasteiger partial charge in [-0.15, -0.1) is 0 Å². The van der Waals surface area contributed by atoms with Crippen molar-refractivity contribution in [3.63, 3.8) is 0 Å². The van der Waals surface area contributed by atoms with Crippen LogP contribution in [0.5, 0.6) is 5.75 Å². The third kappa shape index (κ3) is 4.91. The van der Waals surface area contributed by atoms with Gasteiger partial charge in [0.25, 0.3) is 0 Å². The van der Waals surface area contributed by atoms with Crippen molar-refractivity contribution in [3.8, 4) is 5.75 Å². The average Bonchev–Trinajstić information content (AvgIpc) is 3.02. The molecule has 1 aromatic carbocycles. The fourth-order valence-corrected chi connectivity index (χ4v) is 2.12. The van der Waals surface area contributed by atoms with Crippen molar-refractivity contribution in [2.24, 2.45) is 0 Å². The number of ether oxygens (including phenoxy) is 1. The SMILES string of the molecule is CC(C)Oc1c(Cl)cccc1NC(=O)NC[C@H](O)c1ccco1. The van der Waals surface area contributed by atoms with Crippen LogP contribution in [0.15, 0.2) is 41.0 Å².